The molecule has 1 saturated heterocycles. The van der Waals surface area contributed by atoms with Crippen LogP contribution in [0.5, 0.6) is 5.75 Å². The van der Waals surface area contributed by atoms with Crippen molar-refractivity contribution in [3.05, 3.63) is 47.4 Å². The van der Waals surface area contributed by atoms with Crippen LogP contribution in [0.2, 0.25) is 0 Å². The number of ether oxygens (including phenoxy) is 2. The molecule has 1 aliphatic heterocycles. The van der Waals surface area contributed by atoms with Gasteiger partial charge in [0.15, 0.2) is 5.13 Å². The summed E-state index contributed by atoms with van der Waals surface area (Å²) in [6.07, 6.45) is 5.34. The first-order valence-electron chi connectivity index (χ1n) is 11.6. The van der Waals surface area contributed by atoms with Crippen LogP contribution < -0.4 is 14.8 Å². The molecule has 0 radical (unpaired) electrons. The number of aryl methyl sites for hydroxylation is 3. The lowest BCUT2D eigenvalue weighted by Gasteiger charge is -2.28. The molecular formula is C25H32N4O4S2. The van der Waals surface area contributed by atoms with E-state index < -0.39 is 10.0 Å². The van der Waals surface area contributed by atoms with Gasteiger partial charge in [-0.15, -0.1) is 0 Å². The molecule has 1 aliphatic rings. The van der Waals surface area contributed by atoms with Crippen LogP contribution in [0.1, 0.15) is 36.6 Å². The van der Waals surface area contributed by atoms with Crippen LogP contribution in [-0.2, 0) is 14.8 Å². The maximum Gasteiger partial charge on any atom is 0.265 e. The molecule has 0 aliphatic carbocycles. The van der Waals surface area contributed by atoms with Crippen LogP contribution in [0.15, 0.2) is 35.5 Å². The first-order valence-corrected chi connectivity index (χ1v) is 13.9. The molecule has 10 heteroatoms. The largest absolute Gasteiger partial charge is 0.495 e. The summed E-state index contributed by atoms with van der Waals surface area (Å²) in [6, 6.07) is 5.49. The van der Waals surface area contributed by atoms with Crippen molar-refractivity contribution in [2.24, 2.45) is 5.92 Å². The molecule has 1 atom stereocenters. The van der Waals surface area contributed by atoms with Gasteiger partial charge in [-0.1, -0.05) is 11.3 Å². The molecule has 0 saturated carbocycles. The number of hydrogen-bond acceptors (Lipinski definition) is 8. The zero-order chi connectivity index (χ0) is 25.2. The fourth-order valence-electron chi connectivity index (χ4n) is 4.33. The van der Waals surface area contributed by atoms with Crippen LogP contribution in [0.4, 0.5) is 10.8 Å². The number of methoxy groups -OCH3 is 1. The molecule has 1 aromatic carbocycles. The Balaban J connectivity index is 1.64. The molecule has 35 heavy (non-hydrogen) atoms. The Labute approximate surface area is 211 Å². The Morgan fingerprint density at radius 3 is 2.49 bits per heavy atom. The van der Waals surface area contributed by atoms with Crippen LogP contribution in [-0.4, -0.2) is 44.8 Å². The summed E-state index contributed by atoms with van der Waals surface area (Å²) in [5.41, 5.74) is 3.64. The standard InChI is InChI=1S/C25H32N4O4S2/c1-15-13-26-14-16(2)23(15)29-35(30,31)22-12-20(6-7-21(22)32-5)24-18(4)28-25(34-24)27-17(3)19-8-10-33-11-9-19/h6-7,12-14,17,19H,8-11H2,1-5H3,(H,26,29)(H,27,28). The Bertz CT molecular complexity index is 1280. The van der Waals surface area contributed by atoms with Crippen LogP contribution in [0.25, 0.3) is 10.4 Å². The van der Waals surface area contributed by atoms with Crippen molar-refractivity contribution in [2.45, 2.75) is 51.5 Å². The maximum absolute atomic E-state index is 13.4. The lowest BCUT2D eigenvalue weighted by Crippen LogP contribution is -2.30. The molecule has 0 bridgehead atoms. The molecular weight excluding hydrogens is 484 g/mol. The lowest BCUT2D eigenvalue weighted by molar-refractivity contribution is 0.0622. The van der Waals surface area contributed by atoms with Gasteiger partial charge in [0, 0.05) is 31.6 Å². The lowest BCUT2D eigenvalue weighted by atomic mass is 9.93. The van der Waals surface area contributed by atoms with Gasteiger partial charge < -0.3 is 14.8 Å². The van der Waals surface area contributed by atoms with Crippen molar-refractivity contribution in [3.63, 3.8) is 0 Å². The molecule has 3 heterocycles. The predicted molar refractivity (Wildman–Crippen MR) is 140 cm³/mol. The number of sulfonamides is 1. The number of aromatic nitrogens is 2. The first kappa shape index (κ1) is 25.4. The molecule has 3 aromatic rings. The number of thiazole rings is 1. The fraction of sp³-hybridized carbons (Fsp3) is 0.440. The minimum absolute atomic E-state index is 0.0750. The predicted octanol–water partition coefficient (Wildman–Crippen LogP) is 5.17. The van der Waals surface area contributed by atoms with Crippen LogP contribution >= 0.6 is 11.3 Å². The summed E-state index contributed by atoms with van der Waals surface area (Å²) in [4.78, 5) is 9.83. The fourth-order valence-corrected chi connectivity index (χ4v) is 6.79. The van der Waals surface area contributed by atoms with Gasteiger partial charge in [-0.05, 0) is 81.3 Å². The number of hydrogen-bond donors (Lipinski definition) is 2. The Morgan fingerprint density at radius 1 is 1.14 bits per heavy atom. The summed E-state index contributed by atoms with van der Waals surface area (Å²) >= 11 is 1.53. The van der Waals surface area contributed by atoms with Crippen LogP contribution in [0, 0.1) is 26.7 Å². The zero-order valence-electron chi connectivity index (χ0n) is 20.7. The minimum Gasteiger partial charge on any atom is -0.495 e. The molecule has 188 valence electrons. The van der Waals surface area contributed by atoms with Crippen molar-refractivity contribution < 1.29 is 17.9 Å². The Hall–Kier alpha value is -2.69. The molecule has 1 fully saturated rings. The van der Waals surface area contributed by atoms with E-state index in [9.17, 15) is 8.42 Å². The van der Waals surface area contributed by atoms with Gasteiger partial charge in [0.2, 0.25) is 0 Å². The number of rotatable bonds is 8. The number of pyridine rings is 1. The second kappa shape index (κ2) is 10.5. The molecule has 1 unspecified atom stereocenters. The van der Waals surface area contributed by atoms with Crippen molar-refractivity contribution in [3.8, 4) is 16.2 Å². The van der Waals surface area contributed by atoms with E-state index in [0.29, 0.717) is 11.6 Å². The number of nitrogens with zero attached hydrogens (tertiary/aromatic N) is 2. The third-order valence-corrected chi connectivity index (χ3v) is 8.91. The average molecular weight is 517 g/mol. The van der Waals surface area contributed by atoms with E-state index in [1.807, 2.05) is 26.8 Å². The van der Waals surface area contributed by atoms with E-state index in [4.69, 9.17) is 14.5 Å². The van der Waals surface area contributed by atoms with E-state index in [1.165, 1.54) is 18.4 Å². The van der Waals surface area contributed by atoms with Gasteiger partial charge in [0.25, 0.3) is 10.0 Å². The molecule has 0 amide bonds. The highest BCUT2D eigenvalue weighted by Crippen LogP contribution is 2.38. The number of nitrogens with one attached hydrogen (secondary N) is 2. The number of benzene rings is 1. The molecule has 2 N–H and O–H groups in total. The van der Waals surface area contributed by atoms with Crippen molar-refractivity contribution in [2.75, 3.05) is 30.4 Å². The smallest absolute Gasteiger partial charge is 0.265 e. The summed E-state index contributed by atoms with van der Waals surface area (Å²) < 4.78 is 40.5. The minimum atomic E-state index is -3.92. The van der Waals surface area contributed by atoms with Gasteiger partial charge in [0.1, 0.15) is 10.6 Å². The van der Waals surface area contributed by atoms with E-state index in [2.05, 4.69) is 21.9 Å². The third kappa shape index (κ3) is 5.60. The van der Waals surface area contributed by atoms with Gasteiger partial charge in [-0.3, -0.25) is 9.71 Å². The number of anilines is 2. The zero-order valence-corrected chi connectivity index (χ0v) is 22.3. The van der Waals surface area contributed by atoms with Crippen molar-refractivity contribution in [1.29, 1.82) is 0 Å². The van der Waals surface area contributed by atoms with E-state index >= 15 is 0 Å². The third-order valence-electron chi connectivity index (χ3n) is 6.40. The maximum atomic E-state index is 13.4. The summed E-state index contributed by atoms with van der Waals surface area (Å²) in [5, 5.41) is 4.38. The van der Waals surface area contributed by atoms with Gasteiger partial charge >= 0.3 is 0 Å². The second-order valence-corrected chi connectivity index (χ2v) is 11.6. The highest BCUT2D eigenvalue weighted by molar-refractivity contribution is 7.92. The van der Waals surface area contributed by atoms with Gasteiger partial charge in [-0.2, -0.15) is 0 Å². The Kier molecular flexibility index (Phi) is 7.63. The molecule has 0 spiro atoms. The SMILES string of the molecule is COc1ccc(-c2sc(NC(C)C3CCOCC3)nc2C)cc1S(=O)(=O)Nc1c(C)cncc1C. The van der Waals surface area contributed by atoms with Crippen molar-refractivity contribution >= 4 is 32.2 Å². The van der Waals surface area contributed by atoms with Crippen molar-refractivity contribution in [1.82, 2.24) is 9.97 Å². The molecule has 2 aromatic heterocycles. The quantitative estimate of drug-likeness (QED) is 0.426. The summed E-state index contributed by atoms with van der Waals surface area (Å²) in [6.45, 7) is 9.36. The van der Waals surface area contributed by atoms with Crippen LogP contribution in [0.3, 0.4) is 0 Å². The van der Waals surface area contributed by atoms with E-state index in [0.717, 1.165) is 58.4 Å². The average Bonchev–Trinajstić information content (AvgIpc) is 3.21. The Morgan fingerprint density at radius 2 is 1.83 bits per heavy atom. The van der Waals surface area contributed by atoms with Gasteiger partial charge in [-0.25, -0.2) is 13.4 Å². The summed E-state index contributed by atoms with van der Waals surface area (Å²) in [5.74, 6) is 0.819. The van der Waals surface area contributed by atoms with E-state index in [1.54, 1.807) is 24.5 Å². The monoisotopic (exact) mass is 516 g/mol. The van der Waals surface area contributed by atoms with E-state index in [-0.39, 0.29) is 16.7 Å². The second-order valence-electron chi connectivity index (χ2n) is 8.94. The first-order chi connectivity index (χ1) is 16.7. The molecule has 4 rings (SSSR count). The van der Waals surface area contributed by atoms with Gasteiger partial charge in [0.05, 0.1) is 23.4 Å². The topological polar surface area (TPSA) is 102 Å². The highest BCUT2D eigenvalue weighted by atomic mass is 32.2. The highest BCUT2D eigenvalue weighted by Gasteiger charge is 2.25. The molecule has 8 nitrogen and oxygen atoms in total. The summed E-state index contributed by atoms with van der Waals surface area (Å²) in [7, 11) is -2.45. The normalized spacial score (nSPS) is 15.6.